The summed E-state index contributed by atoms with van der Waals surface area (Å²) in [6.07, 6.45) is 0. The van der Waals surface area contributed by atoms with Crippen LogP contribution in [0.2, 0.25) is 10.0 Å². The number of nitrogens with one attached hydrogen (secondary N) is 1. The molecule has 1 N–H and O–H groups in total. The number of aryl methyl sites for hydroxylation is 2. The van der Waals surface area contributed by atoms with Gasteiger partial charge in [0.05, 0.1) is 10.0 Å². The highest BCUT2D eigenvalue weighted by molar-refractivity contribution is 9.10. The van der Waals surface area contributed by atoms with Crippen LogP contribution < -0.4 is 10.1 Å². The van der Waals surface area contributed by atoms with Crippen LogP contribution in [0.5, 0.6) is 5.75 Å². The van der Waals surface area contributed by atoms with Gasteiger partial charge in [-0.05, 0) is 61.7 Å². The fraction of sp³-hybridized carbons (Fsp3) is 0.333. The Morgan fingerprint density at radius 2 is 1.76 bits per heavy atom. The second kappa shape index (κ2) is 10.3. The van der Waals surface area contributed by atoms with Crippen molar-refractivity contribution in [3.05, 3.63) is 61.5 Å². The molecule has 2 aromatic rings. The molecule has 0 heterocycles. The van der Waals surface area contributed by atoms with Crippen molar-refractivity contribution in [2.24, 2.45) is 0 Å². The summed E-state index contributed by atoms with van der Waals surface area (Å²) in [6, 6.07) is 8.15. The van der Waals surface area contributed by atoms with Gasteiger partial charge < -0.3 is 15.0 Å². The van der Waals surface area contributed by atoms with Crippen LogP contribution in [0.3, 0.4) is 0 Å². The van der Waals surface area contributed by atoms with E-state index in [0.717, 1.165) is 21.2 Å². The number of carbonyl (C=O) groups is 2. The summed E-state index contributed by atoms with van der Waals surface area (Å²) in [5.41, 5.74) is 2.79. The van der Waals surface area contributed by atoms with Gasteiger partial charge in [0.2, 0.25) is 5.91 Å². The quantitative estimate of drug-likeness (QED) is 0.586. The molecule has 0 aliphatic rings. The van der Waals surface area contributed by atoms with E-state index in [2.05, 4.69) is 21.2 Å². The molecule has 0 aliphatic heterocycles. The summed E-state index contributed by atoms with van der Waals surface area (Å²) in [5.74, 6) is 0.0118. The van der Waals surface area contributed by atoms with E-state index in [9.17, 15) is 9.59 Å². The lowest BCUT2D eigenvalue weighted by Crippen LogP contribution is -2.48. The molecule has 0 fully saturated rings. The van der Waals surface area contributed by atoms with Gasteiger partial charge in [0.1, 0.15) is 11.8 Å². The zero-order valence-corrected chi connectivity index (χ0v) is 19.8. The standard InChI is InChI=1S/C21H23BrCl2N2O3/c1-12-7-16(8-13(2)20(12)22)29-11-19(27)26(14(3)21(28)25-4)10-15-5-6-17(23)18(24)9-15/h5-9,14H,10-11H2,1-4H3,(H,25,28)/t14-/m0/s1. The third-order valence-corrected chi connectivity index (χ3v) is 6.51. The van der Waals surface area contributed by atoms with E-state index >= 15 is 0 Å². The second-order valence-electron chi connectivity index (χ2n) is 6.72. The first kappa shape index (κ1) is 23.5. The average molecular weight is 502 g/mol. The van der Waals surface area contributed by atoms with Crippen molar-refractivity contribution in [1.29, 1.82) is 0 Å². The van der Waals surface area contributed by atoms with Gasteiger partial charge in [0.25, 0.3) is 5.91 Å². The van der Waals surface area contributed by atoms with Crippen molar-refractivity contribution in [1.82, 2.24) is 10.2 Å². The topological polar surface area (TPSA) is 58.6 Å². The van der Waals surface area contributed by atoms with Crippen LogP contribution in [0.1, 0.15) is 23.6 Å². The average Bonchev–Trinajstić information content (AvgIpc) is 2.69. The van der Waals surface area contributed by atoms with Crippen molar-refractivity contribution in [3.8, 4) is 5.75 Å². The summed E-state index contributed by atoms with van der Waals surface area (Å²) in [4.78, 5) is 26.6. The lowest BCUT2D eigenvalue weighted by atomic mass is 10.1. The van der Waals surface area contributed by atoms with Crippen LogP contribution in [-0.4, -0.2) is 36.4 Å². The minimum Gasteiger partial charge on any atom is -0.484 e. The van der Waals surface area contributed by atoms with E-state index in [1.54, 1.807) is 25.1 Å². The maximum atomic E-state index is 12.9. The van der Waals surface area contributed by atoms with Gasteiger partial charge in [-0.25, -0.2) is 0 Å². The SMILES string of the molecule is CNC(=O)[C@H](C)N(Cc1ccc(Cl)c(Cl)c1)C(=O)COc1cc(C)c(Br)c(C)c1. The number of rotatable bonds is 7. The molecule has 0 aliphatic carbocycles. The highest BCUT2D eigenvalue weighted by Gasteiger charge is 2.26. The van der Waals surface area contributed by atoms with E-state index in [0.29, 0.717) is 15.8 Å². The molecule has 2 rings (SSSR count). The highest BCUT2D eigenvalue weighted by Crippen LogP contribution is 2.27. The normalized spacial score (nSPS) is 11.7. The summed E-state index contributed by atoms with van der Waals surface area (Å²) >= 11 is 15.6. The van der Waals surface area contributed by atoms with E-state index in [1.807, 2.05) is 26.0 Å². The number of halogens is 3. The molecule has 0 radical (unpaired) electrons. The van der Waals surface area contributed by atoms with Crippen LogP contribution in [0.4, 0.5) is 0 Å². The van der Waals surface area contributed by atoms with E-state index in [1.165, 1.54) is 11.9 Å². The van der Waals surface area contributed by atoms with Crippen LogP contribution in [0, 0.1) is 13.8 Å². The van der Waals surface area contributed by atoms with Gasteiger partial charge >= 0.3 is 0 Å². The minimum atomic E-state index is -0.682. The number of hydrogen-bond donors (Lipinski definition) is 1. The fourth-order valence-electron chi connectivity index (χ4n) is 2.84. The zero-order valence-electron chi connectivity index (χ0n) is 16.7. The van der Waals surface area contributed by atoms with Gasteiger partial charge in [-0.2, -0.15) is 0 Å². The van der Waals surface area contributed by atoms with Gasteiger partial charge in [-0.3, -0.25) is 9.59 Å². The molecular formula is C21H23BrCl2N2O3. The molecule has 0 unspecified atom stereocenters. The van der Waals surface area contributed by atoms with Crippen LogP contribution in [-0.2, 0) is 16.1 Å². The molecule has 5 nitrogen and oxygen atoms in total. The molecule has 2 amide bonds. The first-order valence-corrected chi connectivity index (χ1v) is 10.5. The second-order valence-corrected chi connectivity index (χ2v) is 8.33. The Morgan fingerprint density at radius 3 is 2.31 bits per heavy atom. The van der Waals surface area contributed by atoms with Crippen molar-refractivity contribution in [2.75, 3.05) is 13.7 Å². The highest BCUT2D eigenvalue weighted by atomic mass is 79.9. The molecule has 0 aromatic heterocycles. The lowest BCUT2D eigenvalue weighted by molar-refractivity contribution is -0.142. The van der Waals surface area contributed by atoms with E-state index in [4.69, 9.17) is 27.9 Å². The van der Waals surface area contributed by atoms with Gasteiger partial charge in [0.15, 0.2) is 6.61 Å². The molecule has 0 saturated heterocycles. The smallest absolute Gasteiger partial charge is 0.261 e. The Balaban J connectivity index is 2.19. The summed E-state index contributed by atoms with van der Waals surface area (Å²) < 4.78 is 6.72. The molecule has 0 bridgehead atoms. The largest absolute Gasteiger partial charge is 0.484 e. The number of ether oxygens (including phenoxy) is 1. The number of carbonyl (C=O) groups excluding carboxylic acids is 2. The van der Waals surface area contributed by atoms with Crippen molar-refractivity contribution < 1.29 is 14.3 Å². The third kappa shape index (κ3) is 6.11. The third-order valence-electron chi connectivity index (χ3n) is 4.52. The maximum absolute atomic E-state index is 12.9. The molecule has 29 heavy (non-hydrogen) atoms. The maximum Gasteiger partial charge on any atom is 0.261 e. The zero-order chi connectivity index (χ0) is 21.7. The minimum absolute atomic E-state index is 0.191. The monoisotopic (exact) mass is 500 g/mol. The van der Waals surface area contributed by atoms with Crippen molar-refractivity contribution in [2.45, 2.75) is 33.4 Å². The fourth-order valence-corrected chi connectivity index (χ4v) is 3.39. The summed E-state index contributed by atoms with van der Waals surface area (Å²) in [5, 5.41) is 3.39. The van der Waals surface area contributed by atoms with Crippen molar-refractivity contribution in [3.63, 3.8) is 0 Å². The first-order chi connectivity index (χ1) is 13.6. The summed E-state index contributed by atoms with van der Waals surface area (Å²) in [6.45, 7) is 5.59. The Bertz CT molecular complexity index is 898. The Labute approximate surface area is 189 Å². The molecule has 1 atom stereocenters. The van der Waals surface area contributed by atoms with E-state index in [-0.39, 0.29) is 25.0 Å². The molecule has 8 heteroatoms. The Hall–Kier alpha value is -1.76. The number of nitrogens with zero attached hydrogens (tertiary/aromatic N) is 1. The van der Waals surface area contributed by atoms with E-state index < -0.39 is 6.04 Å². The number of amides is 2. The molecule has 2 aromatic carbocycles. The number of likely N-dealkylation sites (N-methyl/N-ethyl adjacent to an activating group) is 1. The Kier molecular flexibility index (Phi) is 8.37. The van der Waals surface area contributed by atoms with Crippen LogP contribution in [0.25, 0.3) is 0 Å². The first-order valence-electron chi connectivity index (χ1n) is 8.98. The van der Waals surface area contributed by atoms with Crippen LogP contribution >= 0.6 is 39.1 Å². The molecular weight excluding hydrogens is 479 g/mol. The Morgan fingerprint density at radius 1 is 1.14 bits per heavy atom. The summed E-state index contributed by atoms with van der Waals surface area (Å²) in [7, 11) is 1.53. The van der Waals surface area contributed by atoms with Crippen molar-refractivity contribution >= 4 is 50.9 Å². The molecule has 0 spiro atoms. The number of hydrogen-bond acceptors (Lipinski definition) is 3. The predicted molar refractivity (Wildman–Crippen MR) is 120 cm³/mol. The number of benzene rings is 2. The van der Waals surface area contributed by atoms with Gasteiger partial charge in [-0.15, -0.1) is 0 Å². The van der Waals surface area contributed by atoms with Gasteiger partial charge in [-0.1, -0.05) is 45.2 Å². The van der Waals surface area contributed by atoms with Gasteiger partial charge in [0, 0.05) is 18.1 Å². The van der Waals surface area contributed by atoms with Crippen LogP contribution in [0.15, 0.2) is 34.8 Å². The lowest BCUT2D eigenvalue weighted by Gasteiger charge is -2.28. The molecule has 156 valence electrons. The predicted octanol–water partition coefficient (Wildman–Crippen LogP) is 4.91. The molecule has 0 saturated carbocycles.